The molecule has 0 aromatic heterocycles. The van der Waals surface area contributed by atoms with E-state index in [0.29, 0.717) is 0 Å². The van der Waals surface area contributed by atoms with E-state index in [-0.39, 0.29) is 17.0 Å². The summed E-state index contributed by atoms with van der Waals surface area (Å²) >= 11 is 3.49. The maximum Gasteiger partial charge on any atom is 0.0396 e. The van der Waals surface area contributed by atoms with Gasteiger partial charge in [0.2, 0.25) is 0 Å². The fraction of sp³-hybridized carbons (Fsp3) is 0.455. The summed E-state index contributed by atoms with van der Waals surface area (Å²) in [6, 6.07) is 6.76. The van der Waals surface area contributed by atoms with Gasteiger partial charge in [-0.3, -0.25) is 0 Å². The number of anilines is 1. The second kappa shape index (κ2) is 5.17. The summed E-state index contributed by atoms with van der Waals surface area (Å²) in [5, 5.41) is 0.962. The zero-order chi connectivity index (χ0) is 9.26. The molecule has 0 spiro atoms. The maximum atomic E-state index is 3.49. The monoisotopic (exact) mass is 319 g/mol. The molecule has 0 amide bonds. The topological polar surface area (TPSA) is 3.24 Å². The van der Waals surface area contributed by atoms with Crippen LogP contribution in [0.2, 0.25) is 0 Å². The third-order valence-electron chi connectivity index (χ3n) is 2.65. The molecule has 78 valence electrons. The lowest BCUT2D eigenvalue weighted by atomic mass is 10.0. The summed E-state index contributed by atoms with van der Waals surface area (Å²) in [4.78, 5) is 2.34. The van der Waals surface area contributed by atoms with Gasteiger partial charge in [-0.05, 0) is 30.0 Å². The van der Waals surface area contributed by atoms with Gasteiger partial charge in [-0.25, -0.2) is 0 Å². The van der Waals surface area contributed by atoms with E-state index < -0.39 is 0 Å². The first-order valence-electron chi connectivity index (χ1n) is 4.70. The zero-order valence-electron chi connectivity index (χ0n) is 8.29. The van der Waals surface area contributed by atoms with E-state index in [0.717, 1.165) is 5.33 Å². The van der Waals surface area contributed by atoms with Crippen LogP contribution in [-0.2, 0) is 11.8 Å². The summed E-state index contributed by atoms with van der Waals surface area (Å²) in [7, 11) is 2.17. The van der Waals surface area contributed by atoms with Crippen molar-refractivity contribution in [2.75, 3.05) is 18.5 Å². The van der Waals surface area contributed by atoms with Crippen LogP contribution in [0.1, 0.15) is 17.5 Å². The third-order valence-corrected chi connectivity index (χ3v) is 3.30. The highest BCUT2D eigenvalue weighted by Crippen LogP contribution is 2.27. The van der Waals surface area contributed by atoms with Crippen LogP contribution < -0.4 is 4.90 Å². The van der Waals surface area contributed by atoms with Gasteiger partial charge in [-0.2, -0.15) is 0 Å². The van der Waals surface area contributed by atoms with E-state index in [1.807, 2.05) is 0 Å². The van der Waals surface area contributed by atoms with Crippen LogP contribution >= 0.6 is 32.9 Å². The van der Waals surface area contributed by atoms with Gasteiger partial charge in [0.15, 0.2) is 0 Å². The van der Waals surface area contributed by atoms with Crippen molar-refractivity contribution in [2.24, 2.45) is 0 Å². The lowest BCUT2D eigenvalue weighted by Gasteiger charge is -2.27. The van der Waals surface area contributed by atoms with E-state index in [1.54, 1.807) is 0 Å². The van der Waals surface area contributed by atoms with Gasteiger partial charge < -0.3 is 4.90 Å². The Bertz CT molecular complexity index is 312. The Kier molecular flexibility index (Phi) is 4.45. The molecule has 0 saturated heterocycles. The van der Waals surface area contributed by atoms with Crippen molar-refractivity contribution in [3.05, 3.63) is 29.3 Å². The summed E-state index contributed by atoms with van der Waals surface area (Å²) < 4.78 is 0. The largest absolute Gasteiger partial charge is 0.374 e. The molecule has 0 bridgehead atoms. The van der Waals surface area contributed by atoms with Gasteiger partial charge in [0, 0.05) is 24.6 Å². The smallest absolute Gasteiger partial charge is 0.0396 e. The fourth-order valence-corrected chi connectivity index (χ4v) is 2.27. The Balaban J connectivity index is 0.000000980. The quantitative estimate of drug-likeness (QED) is 0.715. The molecule has 1 aromatic rings. The van der Waals surface area contributed by atoms with E-state index in [1.165, 1.54) is 36.2 Å². The summed E-state index contributed by atoms with van der Waals surface area (Å²) in [5.74, 6) is 0. The van der Waals surface area contributed by atoms with Crippen LogP contribution in [0.4, 0.5) is 5.69 Å². The van der Waals surface area contributed by atoms with Crippen molar-refractivity contribution < 1.29 is 0 Å². The minimum atomic E-state index is 0. The maximum absolute atomic E-state index is 3.49. The molecule has 0 saturated carbocycles. The van der Waals surface area contributed by atoms with Crippen LogP contribution in [0.5, 0.6) is 0 Å². The number of benzene rings is 1. The molecule has 1 nitrogen and oxygen atoms in total. The number of fused-ring (bicyclic) bond motifs is 1. The number of aryl methyl sites for hydroxylation is 1. The van der Waals surface area contributed by atoms with Crippen LogP contribution in [0.15, 0.2) is 18.2 Å². The van der Waals surface area contributed by atoms with Gasteiger partial charge in [0.05, 0.1) is 0 Å². The number of alkyl halides is 1. The number of hydrogen-bond donors (Lipinski definition) is 0. The van der Waals surface area contributed by atoms with Crippen LogP contribution in [0, 0.1) is 0 Å². The van der Waals surface area contributed by atoms with Crippen LogP contribution in [-0.4, -0.2) is 13.6 Å². The molecule has 0 radical (unpaired) electrons. The molecule has 14 heavy (non-hydrogen) atoms. The first-order valence-corrected chi connectivity index (χ1v) is 5.82. The van der Waals surface area contributed by atoms with Gasteiger partial charge in [-0.1, -0.05) is 28.1 Å². The van der Waals surface area contributed by atoms with E-state index >= 15 is 0 Å². The minimum absolute atomic E-state index is 0. The summed E-state index contributed by atoms with van der Waals surface area (Å²) in [6.45, 7) is 1.20. The molecule has 0 N–H and O–H groups in total. The Morgan fingerprint density at radius 3 is 2.93 bits per heavy atom. The molecule has 2 rings (SSSR count). The highest BCUT2D eigenvalue weighted by Gasteiger charge is 2.12. The third kappa shape index (κ3) is 2.31. The average Bonchev–Trinajstić information content (AvgIpc) is 2.18. The van der Waals surface area contributed by atoms with E-state index in [2.05, 4.69) is 46.1 Å². The molecule has 3 heteroatoms. The highest BCUT2D eigenvalue weighted by atomic mass is 79.9. The number of nitrogens with zero attached hydrogens (tertiary/aromatic N) is 1. The Hall–Kier alpha value is -0.0200. The lowest BCUT2D eigenvalue weighted by molar-refractivity contribution is 0.743. The predicted octanol–water partition coefficient (Wildman–Crippen LogP) is 3.54. The summed E-state index contributed by atoms with van der Waals surface area (Å²) in [5.41, 5.74) is 4.30. The SMILES string of the molecule is Br.CN1CCCc2cc(CBr)ccc21. The van der Waals surface area contributed by atoms with Crippen molar-refractivity contribution >= 4 is 38.6 Å². The average molecular weight is 321 g/mol. The molecule has 0 aliphatic carbocycles. The van der Waals surface area contributed by atoms with Crippen molar-refractivity contribution in [3.8, 4) is 0 Å². The van der Waals surface area contributed by atoms with Gasteiger partial charge in [0.25, 0.3) is 0 Å². The van der Waals surface area contributed by atoms with E-state index in [9.17, 15) is 0 Å². The molecule has 1 aromatic carbocycles. The Labute approximate surface area is 104 Å². The molecule has 1 heterocycles. The highest BCUT2D eigenvalue weighted by molar-refractivity contribution is 9.08. The predicted molar refractivity (Wildman–Crippen MR) is 71.0 cm³/mol. The van der Waals surface area contributed by atoms with E-state index in [4.69, 9.17) is 0 Å². The molecule has 0 atom stereocenters. The Morgan fingerprint density at radius 1 is 1.43 bits per heavy atom. The molecule has 0 unspecified atom stereocenters. The number of rotatable bonds is 1. The van der Waals surface area contributed by atoms with Crippen LogP contribution in [0.25, 0.3) is 0 Å². The number of halogens is 2. The molecular weight excluding hydrogens is 306 g/mol. The zero-order valence-corrected chi connectivity index (χ0v) is 11.6. The minimum Gasteiger partial charge on any atom is -0.374 e. The van der Waals surface area contributed by atoms with Crippen molar-refractivity contribution in [1.29, 1.82) is 0 Å². The standard InChI is InChI=1S/C11H14BrN.BrH/c1-13-6-2-3-10-7-9(8-12)4-5-11(10)13;/h4-5,7H,2-3,6,8H2,1H3;1H. The first kappa shape index (κ1) is 12.1. The molecule has 1 aliphatic heterocycles. The van der Waals surface area contributed by atoms with Crippen molar-refractivity contribution in [1.82, 2.24) is 0 Å². The van der Waals surface area contributed by atoms with Crippen LogP contribution in [0.3, 0.4) is 0 Å². The summed E-state index contributed by atoms with van der Waals surface area (Å²) in [6.07, 6.45) is 2.52. The number of hydrogen-bond acceptors (Lipinski definition) is 1. The second-order valence-corrected chi connectivity index (χ2v) is 4.18. The molecular formula is C11H15Br2N. The first-order chi connectivity index (χ1) is 6.31. The van der Waals surface area contributed by atoms with Gasteiger partial charge >= 0.3 is 0 Å². The van der Waals surface area contributed by atoms with Gasteiger partial charge in [0.1, 0.15) is 0 Å². The molecule has 1 aliphatic rings. The normalized spacial score (nSPS) is 14.6. The van der Waals surface area contributed by atoms with Crippen molar-refractivity contribution in [2.45, 2.75) is 18.2 Å². The second-order valence-electron chi connectivity index (χ2n) is 3.62. The van der Waals surface area contributed by atoms with Crippen molar-refractivity contribution in [3.63, 3.8) is 0 Å². The fourth-order valence-electron chi connectivity index (χ4n) is 1.92. The van der Waals surface area contributed by atoms with Gasteiger partial charge in [-0.15, -0.1) is 17.0 Å². The Morgan fingerprint density at radius 2 is 2.21 bits per heavy atom. The molecule has 0 fully saturated rings. The lowest BCUT2D eigenvalue weighted by Crippen LogP contribution is -2.24.